The first-order chi connectivity index (χ1) is 16.0. The zero-order valence-corrected chi connectivity index (χ0v) is 19.2. The number of nitrogens with zero attached hydrogens (tertiary/aromatic N) is 2. The van der Waals surface area contributed by atoms with Crippen LogP contribution in [0.5, 0.6) is 0 Å². The molecule has 1 fully saturated rings. The lowest BCUT2D eigenvalue weighted by atomic mass is 10.2. The first-order valence-corrected chi connectivity index (χ1v) is 11.9. The van der Waals surface area contributed by atoms with Crippen molar-refractivity contribution in [2.45, 2.75) is 30.0 Å². The highest BCUT2D eigenvalue weighted by molar-refractivity contribution is 7.92. The summed E-state index contributed by atoms with van der Waals surface area (Å²) in [6, 6.07) is 13.4. The van der Waals surface area contributed by atoms with Gasteiger partial charge in [-0.1, -0.05) is 24.3 Å². The maximum atomic E-state index is 13.0. The third kappa shape index (κ3) is 6.48. The van der Waals surface area contributed by atoms with Gasteiger partial charge in [0.25, 0.3) is 10.0 Å². The summed E-state index contributed by atoms with van der Waals surface area (Å²) in [6.45, 7) is -1.26. The topological polar surface area (TPSA) is 98.8 Å². The lowest BCUT2D eigenvalue weighted by molar-refractivity contribution is -0.141. The van der Waals surface area contributed by atoms with E-state index >= 15 is 0 Å². The molecule has 0 radical (unpaired) electrons. The number of para-hydroxylation sites is 1. The third-order valence-electron chi connectivity index (χ3n) is 5.37. The third-order valence-corrected chi connectivity index (χ3v) is 7.15. The Labute approximate surface area is 195 Å². The summed E-state index contributed by atoms with van der Waals surface area (Å²) >= 11 is 0. The molecule has 2 N–H and O–H groups in total. The molecule has 2 aromatic rings. The molecule has 0 aromatic heterocycles. The van der Waals surface area contributed by atoms with Crippen molar-refractivity contribution >= 4 is 33.2 Å². The van der Waals surface area contributed by atoms with Crippen LogP contribution in [0.15, 0.2) is 59.5 Å². The van der Waals surface area contributed by atoms with Gasteiger partial charge in [0, 0.05) is 12.7 Å². The summed E-state index contributed by atoms with van der Waals surface area (Å²) in [6.07, 6.45) is -3.61. The molecule has 3 rings (SSSR count). The van der Waals surface area contributed by atoms with E-state index in [0.29, 0.717) is 25.1 Å². The average molecular weight is 499 g/mol. The van der Waals surface area contributed by atoms with Crippen LogP contribution in [0.1, 0.15) is 12.8 Å². The van der Waals surface area contributed by atoms with Crippen molar-refractivity contribution in [2.75, 3.05) is 36.3 Å². The van der Waals surface area contributed by atoms with E-state index < -0.39 is 40.6 Å². The van der Waals surface area contributed by atoms with E-state index in [1.54, 1.807) is 30.3 Å². The van der Waals surface area contributed by atoms with Crippen molar-refractivity contribution in [3.8, 4) is 0 Å². The monoisotopic (exact) mass is 498 g/mol. The normalized spacial score (nSPS) is 16.8. The van der Waals surface area contributed by atoms with Gasteiger partial charge in [0.2, 0.25) is 11.8 Å². The molecule has 0 saturated carbocycles. The predicted octanol–water partition coefficient (Wildman–Crippen LogP) is 2.59. The van der Waals surface area contributed by atoms with E-state index in [4.69, 9.17) is 0 Å². The predicted molar refractivity (Wildman–Crippen MR) is 121 cm³/mol. The number of hydrogen-bond acceptors (Lipinski definition) is 5. The van der Waals surface area contributed by atoms with Gasteiger partial charge in [0.1, 0.15) is 6.54 Å². The molecule has 8 nitrogen and oxygen atoms in total. The minimum absolute atomic E-state index is 0.0257. The Hall–Kier alpha value is -3.12. The Bertz CT molecular complexity index is 1130. The number of sulfonamides is 1. The van der Waals surface area contributed by atoms with Gasteiger partial charge in [-0.2, -0.15) is 13.2 Å². The van der Waals surface area contributed by atoms with Gasteiger partial charge < -0.3 is 10.6 Å². The van der Waals surface area contributed by atoms with Crippen LogP contribution in [0, 0.1) is 0 Å². The SMILES string of the molecule is CN(c1ccccc1)S(=O)(=O)c1cccc(NC(=O)CN2CCCC2C(=O)NCC(F)(F)F)c1. The van der Waals surface area contributed by atoms with Crippen molar-refractivity contribution < 1.29 is 31.2 Å². The summed E-state index contributed by atoms with van der Waals surface area (Å²) in [5.41, 5.74) is 0.714. The average Bonchev–Trinajstić information content (AvgIpc) is 3.25. The van der Waals surface area contributed by atoms with Crippen molar-refractivity contribution in [3.05, 3.63) is 54.6 Å². The quantitative estimate of drug-likeness (QED) is 0.583. The lowest BCUT2D eigenvalue weighted by Crippen LogP contribution is -2.47. The fourth-order valence-corrected chi connectivity index (χ4v) is 4.91. The van der Waals surface area contributed by atoms with E-state index in [9.17, 15) is 31.2 Å². The standard InChI is InChI=1S/C22H25F3N4O4S/c1-28(17-8-3-2-4-9-17)34(32,33)18-10-5-7-16(13-18)27-20(30)14-29-12-6-11-19(29)21(31)26-15-22(23,24)25/h2-5,7-10,13,19H,6,11-12,14-15H2,1H3,(H,26,31)(H,27,30). The number of halogens is 3. The number of alkyl halides is 3. The van der Waals surface area contributed by atoms with Crippen LogP contribution in [0.4, 0.5) is 24.5 Å². The number of hydrogen-bond donors (Lipinski definition) is 2. The Kier molecular flexibility index (Phi) is 7.82. The van der Waals surface area contributed by atoms with Crippen molar-refractivity contribution in [3.63, 3.8) is 0 Å². The lowest BCUT2D eigenvalue weighted by Gasteiger charge is -2.23. The molecule has 34 heavy (non-hydrogen) atoms. The van der Waals surface area contributed by atoms with Crippen LogP contribution in [-0.4, -0.2) is 64.0 Å². The van der Waals surface area contributed by atoms with E-state index in [1.807, 2.05) is 5.32 Å². The number of amides is 2. The van der Waals surface area contributed by atoms with Crippen molar-refractivity contribution in [1.29, 1.82) is 0 Å². The molecule has 0 spiro atoms. The van der Waals surface area contributed by atoms with Gasteiger partial charge in [0.15, 0.2) is 0 Å². The molecule has 1 atom stereocenters. The number of benzene rings is 2. The summed E-state index contributed by atoms with van der Waals surface area (Å²) < 4.78 is 64.2. The molecular weight excluding hydrogens is 473 g/mol. The fraction of sp³-hybridized carbons (Fsp3) is 0.364. The van der Waals surface area contributed by atoms with Crippen LogP contribution in [0.25, 0.3) is 0 Å². The smallest absolute Gasteiger partial charge is 0.346 e. The maximum absolute atomic E-state index is 13.0. The highest BCUT2D eigenvalue weighted by Gasteiger charge is 2.34. The summed E-state index contributed by atoms with van der Waals surface area (Å²) in [5.74, 6) is -1.29. The maximum Gasteiger partial charge on any atom is 0.405 e. The number of carbonyl (C=O) groups excluding carboxylic acids is 2. The second kappa shape index (κ2) is 10.4. The minimum Gasteiger partial charge on any atom is -0.346 e. The van der Waals surface area contributed by atoms with E-state index in [1.165, 1.54) is 36.2 Å². The Morgan fingerprint density at radius 1 is 1.12 bits per heavy atom. The highest BCUT2D eigenvalue weighted by Crippen LogP contribution is 2.24. The zero-order valence-electron chi connectivity index (χ0n) is 18.4. The zero-order chi connectivity index (χ0) is 24.9. The van der Waals surface area contributed by atoms with Gasteiger partial charge in [-0.3, -0.25) is 18.8 Å². The van der Waals surface area contributed by atoms with Gasteiger partial charge in [-0.15, -0.1) is 0 Å². The fourth-order valence-electron chi connectivity index (χ4n) is 3.67. The van der Waals surface area contributed by atoms with E-state index in [-0.39, 0.29) is 17.1 Å². The van der Waals surface area contributed by atoms with Gasteiger partial charge in [-0.05, 0) is 49.7 Å². The second-order valence-corrected chi connectivity index (χ2v) is 9.81. The molecule has 1 unspecified atom stereocenters. The number of carbonyl (C=O) groups is 2. The minimum atomic E-state index is -4.52. The molecule has 1 heterocycles. The molecule has 2 amide bonds. The number of nitrogens with one attached hydrogen (secondary N) is 2. The summed E-state index contributed by atoms with van der Waals surface area (Å²) in [5, 5.41) is 4.46. The number of likely N-dealkylation sites (tertiary alicyclic amines) is 1. The molecule has 184 valence electrons. The van der Waals surface area contributed by atoms with E-state index in [2.05, 4.69) is 5.32 Å². The van der Waals surface area contributed by atoms with Crippen LogP contribution < -0.4 is 14.9 Å². The Morgan fingerprint density at radius 2 is 1.82 bits per heavy atom. The van der Waals surface area contributed by atoms with Crippen LogP contribution in [0.3, 0.4) is 0 Å². The van der Waals surface area contributed by atoms with Gasteiger partial charge >= 0.3 is 6.18 Å². The Balaban J connectivity index is 1.64. The largest absolute Gasteiger partial charge is 0.405 e. The van der Waals surface area contributed by atoms with Gasteiger partial charge in [-0.25, -0.2) is 8.42 Å². The first-order valence-electron chi connectivity index (χ1n) is 10.5. The molecule has 12 heteroatoms. The van der Waals surface area contributed by atoms with Crippen molar-refractivity contribution in [2.24, 2.45) is 0 Å². The number of anilines is 2. The van der Waals surface area contributed by atoms with Crippen LogP contribution in [0.2, 0.25) is 0 Å². The molecule has 2 aromatic carbocycles. The second-order valence-electron chi connectivity index (χ2n) is 7.85. The molecule has 0 bridgehead atoms. The van der Waals surface area contributed by atoms with E-state index in [0.717, 1.165) is 4.31 Å². The number of rotatable bonds is 8. The van der Waals surface area contributed by atoms with Gasteiger partial charge in [0.05, 0.1) is 23.2 Å². The molecule has 1 aliphatic rings. The summed E-state index contributed by atoms with van der Waals surface area (Å²) in [7, 11) is -2.46. The first kappa shape index (κ1) is 25.5. The molecule has 1 aliphatic heterocycles. The molecular formula is C22H25F3N4O4S. The molecule has 0 aliphatic carbocycles. The highest BCUT2D eigenvalue weighted by atomic mass is 32.2. The van der Waals surface area contributed by atoms with Crippen LogP contribution in [-0.2, 0) is 19.6 Å². The Morgan fingerprint density at radius 3 is 2.50 bits per heavy atom. The van der Waals surface area contributed by atoms with Crippen molar-refractivity contribution in [1.82, 2.24) is 10.2 Å². The van der Waals surface area contributed by atoms with Crippen LogP contribution >= 0.6 is 0 Å². The molecule has 1 saturated heterocycles. The summed E-state index contributed by atoms with van der Waals surface area (Å²) in [4.78, 5) is 26.1.